The van der Waals surface area contributed by atoms with Crippen LogP contribution in [0.3, 0.4) is 0 Å². The summed E-state index contributed by atoms with van der Waals surface area (Å²) >= 11 is 7.90. The van der Waals surface area contributed by atoms with Crippen LogP contribution in [0.15, 0.2) is 179 Å². The van der Waals surface area contributed by atoms with Crippen LogP contribution < -0.4 is 0 Å². The van der Waals surface area contributed by atoms with Gasteiger partial charge in [-0.25, -0.2) is 0 Å². The molecule has 0 aliphatic rings. The van der Waals surface area contributed by atoms with Crippen LogP contribution in [-0.2, 0) is 39.8 Å². The predicted molar refractivity (Wildman–Crippen MR) is 230 cm³/mol. The van der Waals surface area contributed by atoms with Crippen LogP contribution in [0.4, 0.5) is 0 Å². The Morgan fingerprint density at radius 3 is 0.877 bits per heavy atom. The van der Waals surface area contributed by atoms with E-state index in [9.17, 15) is 0 Å². The first-order valence-corrected chi connectivity index (χ1v) is 21.4. The molecule has 0 amide bonds. The van der Waals surface area contributed by atoms with E-state index in [2.05, 4.69) is 111 Å². The SMILES string of the molecule is Cc1cc(-c2ccccn2)[c-]c(-c2ccccn2)c1.Cc1cc(-c2ccccn2)[c-]c(-c2ccccn2)c1.Oc1ccccc1Br.Oc1ccccc1Br.[Cl][Pt+].[Pt]. The van der Waals surface area contributed by atoms with Crippen LogP contribution >= 0.6 is 41.3 Å². The van der Waals surface area contributed by atoms with Crippen LogP contribution in [0.2, 0.25) is 0 Å². The third-order valence-corrected chi connectivity index (χ3v) is 8.84. The van der Waals surface area contributed by atoms with Crippen molar-refractivity contribution in [2.75, 3.05) is 0 Å². The Balaban J connectivity index is 0.000000214. The average molecular weight is 1260 g/mol. The molecule has 6 nitrogen and oxygen atoms in total. The molecule has 57 heavy (non-hydrogen) atoms. The molecule has 4 aromatic heterocycles. The third-order valence-electron chi connectivity index (χ3n) is 7.49. The van der Waals surface area contributed by atoms with Crippen molar-refractivity contribution in [1.29, 1.82) is 0 Å². The molecule has 0 aliphatic carbocycles. The molecule has 8 rings (SSSR count). The number of pyridine rings is 4. The normalized spacial score (nSPS) is 9.60. The second-order valence-electron chi connectivity index (χ2n) is 11.7. The summed E-state index contributed by atoms with van der Waals surface area (Å²) in [7, 11) is 4.61. The van der Waals surface area contributed by atoms with E-state index in [0.29, 0.717) is 0 Å². The number of aryl methyl sites for hydroxylation is 2. The fraction of sp³-hybridized carbons (Fsp3) is 0.0435. The maximum absolute atomic E-state index is 8.87. The molecule has 0 spiro atoms. The van der Waals surface area contributed by atoms with E-state index in [1.165, 1.54) is 11.1 Å². The summed E-state index contributed by atoms with van der Waals surface area (Å²) in [4.78, 5) is 17.5. The smallest absolute Gasteiger partial charge is 0 e. The van der Waals surface area contributed by atoms with Gasteiger partial charge in [-0.05, 0) is 80.4 Å². The van der Waals surface area contributed by atoms with Crippen molar-refractivity contribution in [3.05, 3.63) is 203 Å². The van der Waals surface area contributed by atoms with Gasteiger partial charge in [-0.15, -0.1) is 47.5 Å². The van der Waals surface area contributed by atoms with Crippen LogP contribution in [0.25, 0.3) is 45.0 Å². The standard InChI is InChI=1S/2C17H13N2.2C6H5BrO.ClH.2Pt/c2*1-13-10-14(16-6-2-4-8-18-16)12-15(11-13)17-7-3-5-9-19-17;2*7-5-3-1-2-4-6(5)8;;;/h2*2-11H,1H3;2*1-4,8H;1H;;/q2*-1;;;;;+2/p-1. The van der Waals surface area contributed by atoms with Gasteiger partial charge in [0.2, 0.25) is 0 Å². The molecule has 0 atom stereocenters. The van der Waals surface area contributed by atoms with Crippen molar-refractivity contribution >= 4 is 41.3 Å². The van der Waals surface area contributed by atoms with Gasteiger partial charge < -0.3 is 10.2 Å². The van der Waals surface area contributed by atoms with Gasteiger partial charge >= 0.3 is 28.2 Å². The maximum Gasteiger partial charge on any atom is 0 e. The number of phenols is 2. The molecule has 0 unspecified atom stereocenters. The van der Waals surface area contributed by atoms with Crippen LogP contribution in [0, 0.1) is 26.0 Å². The molecule has 8 aromatic rings. The molecule has 294 valence electrons. The largest absolute Gasteiger partial charge is 0 e. The number of rotatable bonds is 4. The Morgan fingerprint density at radius 1 is 0.439 bits per heavy atom. The number of phenolic OH excluding ortho intramolecular Hbond substituents is 2. The molecule has 0 aliphatic heterocycles. The molecule has 0 saturated carbocycles. The Hall–Kier alpha value is -4.29. The van der Waals surface area contributed by atoms with Crippen molar-refractivity contribution in [1.82, 2.24) is 19.9 Å². The summed E-state index contributed by atoms with van der Waals surface area (Å²) in [5.74, 6) is 0.569. The van der Waals surface area contributed by atoms with E-state index in [0.717, 1.165) is 54.0 Å². The minimum absolute atomic E-state index is 0. The van der Waals surface area contributed by atoms with Crippen molar-refractivity contribution in [3.63, 3.8) is 0 Å². The van der Waals surface area contributed by atoms with E-state index in [4.69, 9.17) is 10.2 Å². The first-order chi connectivity index (χ1) is 27.3. The number of para-hydroxylation sites is 2. The number of hydrogen-bond donors (Lipinski definition) is 2. The van der Waals surface area contributed by atoms with Gasteiger partial charge in [-0.1, -0.05) is 109 Å². The summed E-state index contributed by atoms with van der Waals surface area (Å²) in [6.07, 6.45) is 7.19. The number of benzene rings is 4. The molecular weight excluding hydrogens is 1230 g/mol. The number of aromatic nitrogens is 4. The van der Waals surface area contributed by atoms with E-state index < -0.39 is 0 Å². The molecule has 2 N–H and O–H groups in total. The fourth-order valence-electron chi connectivity index (χ4n) is 4.97. The maximum atomic E-state index is 8.87. The first kappa shape index (κ1) is 47.1. The molecular formula is C46H36Br2ClN4O2Pt2-. The second kappa shape index (κ2) is 25.9. The van der Waals surface area contributed by atoms with Crippen LogP contribution in [0.5, 0.6) is 11.5 Å². The minimum Gasteiger partial charge on any atom is 0 e. The minimum atomic E-state index is 0. The quantitative estimate of drug-likeness (QED) is 0.171. The summed E-state index contributed by atoms with van der Waals surface area (Å²) in [6.45, 7) is 4.15. The summed E-state index contributed by atoms with van der Waals surface area (Å²) in [5.41, 5.74) is 10.1. The van der Waals surface area contributed by atoms with Gasteiger partial charge in [0, 0.05) is 68.6 Å². The van der Waals surface area contributed by atoms with Gasteiger partial charge in [0.15, 0.2) is 0 Å². The van der Waals surface area contributed by atoms with E-state index >= 15 is 0 Å². The molecule has 11 heteroatoms. The van der Waals surface area contributed by atoms with E-state index in [1.54, 1.807) is 80.0 Å². The van der Waals surface area contributed by atoms with Gasteiger partial charge in [-0.3, -0.25) is 19.9 Å². The molecule has 0 radical (unpaired) electrons. The Labute approximate surface area is 380 Å². The van der Waals surface area contributed by atoms with Crippen molar-refractivity contribution in [3.8, 4) is 56.5 Å². The zero-order chi connectivity index (χ0) is 40.1. The van der Waals surface area contributed by atoms with Gasteiger partial charge in [0.25, 0.3) is 0 Å². The molecule has 0 saturated heterocycles. The summed E-state index contributed by atoms with van der Waals surface area (Å²) in [5, 5.41) is 17.7. The van der Waals surface area contributed by atoms with Crippen LogP contribution in [-0.4, -0.2) is 30.1 Å². The molecule has 4 aromatic carbocycles. The molecule has 0 fully saturated rings. The number of aromatic hydroxyl groups is 2. The summed E-state index contributed by atoms with van der Waals surface area (Å²) in [6, 6.07) is 52.8. The average Bonchev–Trinajstić information content (AvgIpc) is 3.25. The third kappa shape index (κ3) is 15.9. The summed E-state index contributed by atoms with van der Waals surface area (Å²) < 4.78 is 1.47. The zero-order valence-electron chi connectivity index (χ0n) is 30.6. The Bertz CT molecular complexity index is 2040. The van der Waals surface area contributed by atoms with Gasteiger partial charge in [-0.2, -0.15) is 0 Å². The Kier molecular flexibility index (Phi) is 21.4. The van der Waals surface area contributed by atoms with Crippen LogP contribution in [0.1, 0.15) is 11.1 Å². The van der Waals surface area contributed by atoms with Gasteiger partial charge in [0.05, 0.1) is 8.95 Å². The zero-order valence-corrected chi connectivity index (χ0v) is 39.1. The monoisotopic (exact) mass is 1260 g/mol. The van der Waals surface area contributed by atoms with Crippen molar-refractivity contribution in [2.24, 2.45) is 0 Å². The van der Waals surface area contributed by atoms with Gasteiger partial charge in [0.1, 0.15) is 11.5 Å². The predicted octanol–water partition coefficient (Wildman–Crippen LogP) is 12.8. The number of halogens is 3. The van der Waals surface area contributed by atoms with E-state index in [1.807, 2.05) is 84.9 Å². The van der Waals surface area contributed by atoms with Crippen molar-refractivity contribution in [2.45, 2.75) is 13.8 Å². The molecule has 4 heterocycles. The Morgan fingerprint density at radius 2 is 0.684 bits per heavy atom. The van der Waals surface area contributed by atoms with E-state index in [-0.39, 0.29) is 32.6 Å². The first-order valence-electron chi connectivity index (χ1n) is 17.0. The topological polar surface area (TPSA) is 92.0 Å². The fourth-order valence-corrected chi connectivity index (χ4v) is 5.54. The second-order valence-corrected chi connectivity index (χ2v) is 13.4. The number of nitrogens with zero attached hydrogens (tertiary/aromatic N) is 4. The number of hydrogen-bond acceptors (Lipinski definition) is 6. The molecule has 0 bridgehead atoms. The van der Waals surface area contributed by atoms with Crippen molar-refractivity contribution < 1.29 is 50.1 Å².